The highest BCUT2D eigenvalue weighted by atomic mass is 32.2. The summed E-state index contributed by atoms with van der Waals surface area (Å²) in [5, 5.41) is 2.74. The van der Waals surface area contributed by atoms with Crippen molar-refractivity contribution in [3.63, 3.8) is 0 Å². The average Bonchev–Trinajstić information content (AvgIpc) is 2.96. The maximum atomic E-state index is 12.9. The molecule has 3 aromatic rings. The minimum Gasteiger partial charge on any atom is -0.492 e. The van der Waals surface area contributed by atoms with Crippen molar-refractivity contribution in [2.45, 2.75) is 9.79 Å². The molecule has 0 spiro atoms. The van der Waals surface area contributed by atoms with Gasteiger partial charge in [0.25, 0.3) is 15.9 Å². The van der Waals surface area contributed by atoms with Crippen molar-refractivity contribution in [2.24, 2.45) is 0 Å². The summed E-state index contributed by atoms with van der Waals surface area (Å²) in [6, 6.07) is 20.5. The van der Waals surface area contributed by atoms with Crippen LogP contribution in [0.2, 0.25) is 0 Å². The van der Waals surface area contributed by atoms with Crippen molar-refractivity contribution in [1.29, 1.82) is 0 Å². The van der Waals surface area contributed by atoms with Crippen molar-refractivity contribution in [1.82, 2.24) is 9.62 Å². The van der Waals surface area contributed by atoms with E-state index in [2.05, 4.69) is 5.32 Å². The third-order valence-corrected chi connectivity index (χ3v) is 9.67. The van der Waals surface area contributed by atoms with Crippen LogP contribution in [-0.4, -0.2) is 73.6 Å². The number of nitrogens with zero attached hydrogens (tertiary/aromatic N) is 2. The lowest BCUT2D eigenvalue weighted by atomic mass is 10.2. The number of sulfonamides is 2. The molecular formula is C26H29N3O7S2. The lowest BCUT2D eigenvalue weighted by molar-refractivity contribution is 0.0730. The Morgan fingerprint density at radius 2 is 1.61 bits per heavy atom. The highest BCUT2D eigenvalue weighted by molar-refractivity contribution is 7.92. The molecule has 0 aromatic heterocycles. The molecule has 1 amide bonds. The van der Waals surface area contributed by atoms with Gasteiger partial charge in [-0.05, 0) is 54.6 Å². The number of morpholine rings is 1. The maximum Gasteiger partial charge on any atom is 0.264 e. The van der Waals surface area contributed by atoms with Crippen LogP contribution in [0.4, 0.5) is 5.69 Å². The van der Waals surface area contributed by atoms with Crippen LogP contribution in [0, 0.1) is 0 Å². The van der Waals surface area contributed by atoms with Crippen molar-refractivity contribution in [2.75, 3.05) is 50.8 Å². The molecule has 1 saturated heterocycles. The molecule has 4 rings (SSSR count). The molecule has 0 radical (unpaired) electrons. The highest BCUT2D eigenvalue weighted by Crippen LogP contribution is 2.23. The van der Waals surface area contributed by atoms with Gasteiger partial charge in [-0.15, -0.1) is 0 Å². The molecule has 0 saturated carbocycles. The Kier molecular flexibility index (Phi) is 8.67. The number of carbonyl (C=O) groups excluding carboxylic acids is 1. The number of anilines is 1. The summed E-state index contributed by atoms with van der Waals surface area (Å²) in [6.45, 7) is 1.74. The molecule has 38 heavy (non-hydrogen) atoms. The molecule has 1 fully saturated rings. The van der Waals surface area contributed by atoms with Gasteiger partial charge < -0.3 is 14.8 Å². The Hall–Kier alpha value is -3.45. The van der Waals surface area contributed by atoms with E-state index in [1.165, 1.54) is 41.7 Å². The molecule has 1 aliphatic heterocycles. The van der Waals surface area contributed by atoms with Crippen LogP contribution in [0.15, 0.2) is 88.7 Å². The van der Waals surface area contributed by atoms with E-state index in [9.17, 15) is 21.6 Å². The average molecular weight is 560 g/mol. The maximum absolute atomic E-state index is 12.9. The quantitative estimate of drug-likeness (QED) is 0.379. The monoisotopic (exact) mass is 559 g/mol. The molecule has 0 aliphatic carbocycles. The van der Waals surface area contributed by atoms with Gasteiger partial charge >= 0.3 is 0 Å². The van der Waals surface area contributed by atoms with E-state index in [1.54, 1.807) is 48.5 Å². The van der Waals surface area contributed by atoms with Crippen LogP contribution in [0.25, 0.3) is 0 Å². The second-order valence-corrected chi connectivity index (χ2v) is 12.3. The Morgan fingerprint density at radius 3 is 2.29 bits per heavy atom. The van der Waals surface area contributed by atoms with Crippen molar-refractivity contribution >= 4 is 31.6 Å². The zero-order valence-electron chi connectivity index (χ0n) is 20.8. The topological polar surface area (TPSA) is 122 Å². The molecule has 1 heterocycles. The van der Waals surface area contributed by atoms with E-state index in [-0.39, 0.29) is 28.8 Å². The lowest BCUT2D eigenvalue weighted by Gasteiger charge is -2.26. The fourth-order valence-electron chi connectivity index (χ4n) is 3.81. The Balaban J connectivity index is 1.30. The first-order chi connectivity index (χ1) is 18.2. The van der Waals surface area contributed by atoms with Crippen LogP contribution < -0.4 is 14.4 Å². The fourth-order valence-corrected chi connectivity index (χ4v) is 6.43. The molecule has 0 unspecified atom stereocenters. The van der Waals surface area contributed by atoms with E-state index in [0.717, 1.165) is 4.31 Å². The SMILES string of the molecule is CN(c1cccc(C(=O)NCCOc2ccc(S(=O)(=O)N3CCOCC3)cc2)c1)S(=O)(=O)c1ccccc1. The number of hydrogen-bond acceptors (Lipinski definition) is 7. The normalized spacial score (nSPS) is 14.6. The zero-order valence-corrected chi connectivity index (χ0v) is 22.4. The predicted octanol–water partition coefficient (Wildman–Crippen LogP) is 2.34. The summed E-state index contributed by atoms with van der Waals surface area (Å²) >= 11 is 0. The number of nitrogens with one attached hydrogen (secondary N) is 1. The molecule has 1 N–H and O–H groups in total. The summed E-state index contributed by atoms with van der Waals surface area (Å²) in [5.41, 5.74) is 0.653. The first kappa shape index (κ1) is 27.6. The summed E-state index contributed by atoms with van der Waals surface area (Å²) < 4.78 is 64.6. The van der Waals surface area contributed by atoms with Crippen LogP contribution in [0.1, 0.15) is 10.4 Å². The summed E-state index contributed by atoms with van der Waals surface area (Å²) in [7, 11) is -5.92. The van der Waals surface area contributed by atoms with Crippen LogP contribution >= 0.6 is 0 Å². The van der Waals surface area contributed by atoms with Gasteiger partial charge in [-0.3, -0.25) is 9.10 Å². The second-order valence-electron chi connectivity index (χ2n) is 8.43. The zero-order chi connectivity index (χ0) is 27.2. The fraction of sp³-hybridized carbons (Fsp3) is 0.269. The second kappa shape index (κ2) is 11.9. The molecular weight excluding hydrogens is 530 g/mol. The molecule has 202 valence electrons. The minimum atomic E-state index is -3.77. The molecule has 0 bridgehead atoms. The van der Waals surface area contributed by atoms with Crippen molar-refractivity contribution in [3.05, 3.63) is 84.4 Å². The predicted molar refractivity (Wildman–Crippen MR) is 142 cm³/mol. The summed E-state index contributed by atoms with van der Waals surface area (Å²) in [6.07, 6.45) is 0. The van der Waals surface area contributed by atoms with Gasteiger partial charge in [0, 0.05) is 25.7 Å². The minimum absolute atomic E-state index is 0.154. The van der Waals surface area contributed by atoms with Crippen molar-refractivity contribution in [3.8, 4) is 5.75 Å². The summed E-state index contributed by atoms with van der Waals surface area (Å²) in [4.78, 5) is 13.0. The number of hydrogen-bond donors (Lipinski definition) is 1. The smallest absolute Gasteiger partial charge is 0.264 e. The van der Waals surface area contributed by atoms with Gasteiger partial charge in [-0.25, -0.2) is 16.8 Å². The van der Waals surface area contributed by atoms with Gasteiger partial charge in [0.1, 0.15) is 12.4 Å². The number of amides is 1. The molecule has 3 aromatic carbocycles. The lowest BCUT2D eigenvalue weighted by Crippen LogP contribution is -2.40. The first-order valence-electron chi connectivity index (χ1n) is 11.9. The number of benzene rings is 3. The van der Waals surface area contributed by atoms with Crippen LogP contribution in [0.3, 0.4) is 0 Å². The van der Waals surface area contributed by atoms with E-state index in [4.69, 9.17) is 9.47 Å². The van der Waals surface area contributed by atoms with E-state index < -0.39 is 20.0 Å². The molecule has 0 atom stereocenters. The molecule has 10 nitrogen and oxygen atoms in total. The Morgan fingerprint density at radius 1 is 0.921 bits per heavy atom. The molecule has 1 aliphatic rings. The standard InChI is InChI=1S/C26H29N3O7S2/c1-28(37(31,32)24-8-3-2-4-9-24)22-7-5-6-21(20-22)26(30)27-14-17-36-23-10-12-25(13-11-23)38(33,34)29-15-18-35-19-16-29/h2-13,20H,14-19H2,1H3,(H,27,30). The largest absolute Gasteiger partial charge is 0.492 e. The van der Waals surface area contributed by atoms with E-state index >= 15 is 0 Å². The van der Waals surface area contributed by atoms with E-state index in [1.807, 2.05) is 0 Å². The Bertz CT molecular complexity index is 1460. The number of rotatable bonds is 10. The van der Waals surface area contributed by atoms with Gasteiger partial charge in [0.15, 0.2) is 0 Å². The van der Waals surface area contributed by atoms with Gasteiger partial charge in [-0.1, -0.05) is 24.3 Å². The van der Waals surface area contributed by atoms with Crippen molar-refractivity contribution < 1.29 is 31.1 Å². The highest BCUT2D eigenvalue weighted by Gasteiger charge is 2.26. The van der Waals surface area contributed by atoms with Gasteiger partial charge in [0.2, 0.25) is 10.0 Å². The number of carbonyl (C=O) groups is 1. The van der Waals surface area contributed by atoms with Crippen LogP contribution in [0.5, 0.6) is 5.75 Å². The van der Waals surface area contributed by atoms with Gasteiger partial charge in [-0.2, -0.15) is 4.31 Å². The summed E-state index contributed by atoms with van der Waals surface area (Å²) in [5.74, 6) is 0.0860. The van der Waals surface area contributed by atoms with Gasteiger partial charge in [0.05, 0.1) is 35.2 Å². The third kappa shape index (κ3) is 6.33. The van der Waals surface area contributed by atoms with E-state index in [0.29, 0.717) is 43.3 Å². The third-order valence-electron chi connectivity index (χ3n) is 5.96. The number of ether oxygens (including phenoxy) is 2. The Labute approximate surface area is 222 Å². The van der Waals surface area contributed by atoms with Crippen LogP contribution in [-0.2, 0) is 24.8 Å². The molecule has 12 heteroatoms. The first-order valence-corrected chi connectivity index (χ1v) is 14.8.